The number of hydrogen-bond acceptors (Lipinski definition) is 3. The molecule has 1 heterocycles. The number of carboxylic acid groups (broad SMARTS) is 1. The highest BCUT2D eigenvalue weighted by Gasteiger charge is 2.27. The second kappa shape index (κ2) is 7.92. The van der Waals surface area contributed by atoms with Gasteiger partial charge >= 0.3 is 5.97 Å². The largest absolute Gasteiger partial charge is 0.480 e. The summed E-state index contributed by atoms with van der Waals surface area (Å²) in [6, 6.07) is 19.1. The molecule has 1 aliphatic heterocycles. The van der Waals surface area contributed by atoms with E-state index in [1.807, 2.05) is 17.0 Å². The summed E-state index contributed by atoms with van der Waals surface area (Å²) in [6.45, 7) is 3.41. The monoisotopic (exact) mass is 388 g/mol. The van der Waals surface area contributed by atoms with Gasteiger partial charge in [0.15, 0.2) is 0 Å². The van der Waals surface area contributed by atoms with Gasteiger partial charge in [-0.15, -0.1) is 0 Å². The Morgan fingerprint density at radius 1 is 1.00 bits per heavy atom. The van der Waals surface area contributed by atoms with Crippen LogP contribution < -0.4 is 0 Å². The van der Waals surface area contributed by atoms with Crippen molar-refractivity contribution in [1.29, 1.82) is 0 Å². The number of rotatable bonds is 5. The van der Waals surface area contributed by atoms with E-state index < -0.39 is 5.97 Å². The van der Waals surface area contributed by atoms with Gasteiger partial charge in [0.25, 0.3) is 0 Å². The third-order valence-corrected chi connectivity index (χ3v) is 4.90. The zero-order valence-electron chi connectivity index (χ0n) is 13.4. The number of carboxylic acids is 1. The molecule has 1 N–H and O–H groups in total. The number of aliphatic carboxylic acids is 1. The Morgan fingerprint density at radius 2 is 1.67 bits per heavy atom. The summed E-state index contributed by atoms with van der Waals surface area (Å²) >= 11 is 3.57. The Balaban J connectivity index is 1.83. The molecule has 3 rings (SSSR count). The molecule has 2 aromatic rings. The first-order valence-electron chi connectivity index (χ1n) is 8.12. The molecule has 126 valence electrons. The predicted octanol–water partition coefficient (Wildman–Crippen LogP) is 3.24. The number of hydrogen-bond donors (Lipinski definition) is 1. The minimum Gasteiger partial charge on any atom is -0.480 e. The van der Waals surface area contributed by atoms with E-state index in [-0.39, 0.29) is 12.6 Å². The second-order valence-electron chi connectivity index (χ2n) is 6.07. The third-order valence-electron chi connectivity index (χ3n) is 4.41. The van der Waals surface area contributed by atoms with Crippen molar-refractivity contribution in [3.8, 4) is 0 Å². The summed E-state index contributed by atoms with van der Waals surface area (Å²) in [5.41, 5.74) is 2.52. The fourth-order valence-electron chi connectivity index (χ4n) is 3.30. The SMILES string of the molecule is O=C(O)CN1CCN(C(c2ccccc2)c2cccc(Br)c2)CC1. The molecule has 1 unspecified atom stereocenters. The first-order valence-corrected chi connectivity index (χ1v) is 8.91. The van der Waals surface area contributed by atoms with Gasteiger partial charge < -0.3 is 5.11 Å². The molecule has 0 aliphatic carbocycles. The Hall–Kier alpha value is -1.69. The summed E-state index contributed by atoms with van der Waals surface area (Å²) in [5, 5.41) is 8.97. The smallest absolute Gasteiger partial charge is 0.317 e. The predicted molar refractivity (Wildman–Crippen MR) is 98.1 cm³/mol. The molecule has 0 saturated carbocycles. The van der Waals surface area contributed by atoms with Gasteiger partial charge in [-0.05, 0) is 23.3 Å². The van der Waals surface area contributed by atoms with E-state index in [1.165, 1.54) is 11.1 Å². The molecule has 0 bridgehead atoms. The maximum Gasteiger partial charge on any atom is 0.317 e. The van der Waals surface area contributed by atoms with Crippen LogP contribution in [-0.4, -0.2) is 53.6 Å². The molecule has 0 spiro atoms. The van der Waals surface area contributed by atoms with Crippen LogP contribution in [0.3, 0.4) is 0 Å². The van der Waals surface area contributed by atoms with E-state index in [4.69, 9.17) is 5.11 Å². The van der Waals surface area contributed by atoms with E-state index >= 15 is 0 Å². The fraction of sp³-hybridized carbons (Fsp3) is 0.316. The van der Waals surface area contributed by atoms with Crippen LogP contribution in [0, 0.1) is 0 Å². The van der Waals surface area contributed by atoms with Crippen molar-refractivity contribution in [2.24, 2.45) is 0 Å². The topological polar surface area (TPSA) is 43.8 Å². The first-order chi connectivity index (χ1) is 11.6. The molecule has 2 aromatic carbocycles. The van der Waals surface area contributed by atoms with Crippen LogP contribution in [0.1, 0.15) is 17.2 Å². The molecule has 4 nitrogen and oxygen atoms in total. The Labute approximate surface area is 150 Å². The number of carbonyl (C=O) groups is 1. The molecule has 1 saturated heterocycles. The lowest BCUT2D eigenvalue weighted by molar-refractivity contribution is -0.138. The van der Waals surface area contributed by atoms with Crippen LogP contribution in [0.4, 0.5) is 0 Å². The van der Waals surface area contributed by atoms with Gasteiger partial charge in [-0.2, -0.15) is 0 Å². The molecule has 24 heavy (non-hydrogen) atoms. The van der Waals surface area contributed by atoms with Crippen molar-refractivity contribution >= 4 is 21.9 Å². The van der Waals surface area contributed by atoms with Gasteiger partial charge in [-0.3, -0.25) is 14.6 Å². The fourth-order valence-corrected chi connectivity index (χ4v) is 3.71. The van der Waals surface area contributed by atoms with Crippen molar-refractivity contribution in [2.75, 3.05) is 32.7 Å². The quantitative estimate of drug-likeness (QED) is 0.853. The molecule has 0 aromatic heterocycles. The highest BCUT2D eigenvalue weighted by atomic mass is 79.9. The Bertz CT molecular complexity index is 685. The van der Waals surface area contributed by atoms with Crippen molar-refractivity contribution in [2.45, 2.75) is 6.04 Å². The van der Waals surface area contributed by atoms with E-state index in [2.05, 4.69) is 63.3 Å². The van der Waals surface area contributed by atoms with Crippen molar-refractivity contribution in [3.63, 3.8) is 0 Å². The van der Waals surface area contributed by atoms with Crippen LogP contribution in [0.2, 0.25) is 0 Å². The van der Waals surface area contributed by atoms with Crippen LogP contribution in [0.5, 0.6) is 0 Å². The lowest BCUT2D eigenvalue weighted by Crippen LogP contribution is -2.49. The highest BCUT2D eigenvalue weighted by Crippen LogP contribution is 2.30. The summed E-state index contributed by atoms with van der Waals surface area (Å²) in [5.74, 6) is -0.755. The van der Waals surface area contributed by atoms with Gasteiger partial charge in [0.1, 0.15) is 0 Å². The zero-order valence-corrected chi connectivity index (χ0v) is 15.0. The zero-order chi connectivity index (χ0) is 16.9. The van der Waals surface area contributed by atoms with Gasteiger partial charge in [-0.25, -0.2) is 0 Å². The third kappa shape index (κ3) is 4.23. The standard InChI is InChI=1S/C19H21BrN2O2/c20-17-8-4-7-16(13-17)19(15-5-2-1-3-6-15)22-11-9-21(10-12-22)14-18(23)24/h1-8,13,19H,9-12,14H2,(H,23,24). The van der Waals surface area contributed by atoms with Gasteiger partial charge in [-0.1, -0.05) is 58.4 Å². The van der Waals surface area contributed by atoms with Gasteiger partial charge in [0, 0.05) is 30.7 Å². The van der Waals surface area contributed by atoms with Crippen LogP contribution in [0.15, 0.2) is 59.1 Å². The minimum absolute atomic E-state index is 0.126. The average Bonchev–Trinajstić information content (AvgIpc) is 2.57. The first kappa shape index (κ1) is 17.1. The number of benzene rings is 2. The number of piperazine rings is 1. The molecule has 1 fully saturated rings. The van der Waals surface area contributed by atoms with Crippen LogP contribution >= 0.6 is 15.9 Å². The molecule has 0 amide bonds. The minimum atomic E-state index is -0.755. The lowest BCUT2D eigenvalue weighted by atomic mass is 9.96. The molecular weight excluding hydrogens is 368 g/mol. The number of halogens is 1. The van der Waals surface area contributed by atoms with E-state index in [9.17, 15) is 4.79 Å². The number of nitrogens with zero attached hydrogens (tertiary/aromatic N) is 2. The summed E-state index contributed by atoms with van der Waals surface area (Å²) < 4.78 is 1.07. The highest BCUT2D eigenvalue weighted by molar-refractivity contribution is 9.10. The van der Waals surface area contributed by atoms with Crippen molar-refractivity contribution < 1.29 is 9.90 Å². The van der Waals surface area contributed by atoms with E-state index in [0.29, 0.717) is 0 Å². The Kier molecular flexibility index (Phi) is 5.66. The summed E-state index contributed by atoms with van der Waals surface area (Å²) in [6.07, 6.45) is 0. The normalized spacial score (nSPS) is 17.5. The summed E-state index contributed by atoms with van der Waals surface area (Å²) in [4.78, 5) is 15.3. The molecule has 5 heteroatoms. The van der Waals surface area contributed by atoms with Crippen molar-refractivity contribution in [3.05, 3.63) is 70.2 Å². The van der Waals surface area contributed by atoms with Gasteiger partial charge in [0.05, 0.1) is 12.6 Å². The van der Waals surface area contributed by atoms with E-state index in [1.54, 1.807) is 0 Å². The van der Waals surface area contributed by atoms with Gasteiger partial charge in [0.2, 0.25) is 0 Å². The second-order valence-corrected chi connectivity index (χ2v) is 6.99. The molecule has 0 radical (unpaired) electrons. The summed E-state index contributed by atoms with van der Waals surface area (Å²) in [7, 11) is 0. The van der Waals surface area contributed by atoms with Crippen LogP contribution in [0.25, 0.3) is 0 Å². The Morgan fingerprint density at radius 3 is 2.29 bits per heavy atom. The molecule has 1 aliphatic rings. The maximum absolute atomic E-state index is 10.9. The van der Waals surface area contributed by atoms with Crippen LogP contribution in [-0.2, 0) is 4.79 Å². The lowest BCUT2D eigenvalue weighted by Gasteiger charge is -2.39. The molecular formula is C19H21BrN2O2. The van der Waals surface area contributed by atoms with E-state index in [0.717, 1.165) is 30.7 Å². The molecule has 1 atom stereocenters. The average molecular weight is 389 g/mol. The maximum atomic E-state index is 10.9. The van der Waals surface area contributed by atoms with Crippen molar-refractivity contribution in [1.82, 2.24) is 9.80 Å².